The normalized spacial score (nSPS) is 11.6. The van der Waals surface area contributed by atoms with Crippen molar-refractivity contribution in [2.45, 2.75) is 5.60 Å². The van der Waals surface area contributed by atoms with Crippen molar-refractivity contribution in [1.82, 2.24) is 4.98 Å². The highest BCUT2D eigenvalue weighted by molar-refractivity contribution is 9.10. The van der Waals surface area contributed by atoms with Crippen molar-refractivity contribution in [1.29, 1.82) is 0 Å². The third-order valence-corrected chi connectivity index (χ3v) is 7.17. The van der Waals surface area contributed by atoms with Crippen molar-refractivity contribution in [3.8, 4) is 28.5 Å². The summed E-state index contributed by atoms with van der Waals surface area (Å²) in [6.07, 6.45) is 0. The highest BCUT2D eigenvalue weighted by Gasteiger charge is 2.40. The molecule has 4 aromatic carbocycles. The number of nitrogens with one attached hydrogen (secondary N) is 1. The largest absolute Gasteiger partial charge is 0.497 e. The van der Waals surface area contributed by atoms with Crippen LogP contribution in [0.5, 0.6) is 17.2 Å². The van der Waals surface area contributed by atoms with Crippen LogP contribution in [0.25, 0.3) is 22.2 Å². The number of aliphatic hydroxyl groups is 1. The summed E-state index contributed by atoms with van der Waals surface area (Å²) in [5, 5.41) is 21.2. The van der Waals surface area contributed by atoms with Crippen molar-refractivity contribution in [3.63, 3.8) is 0 Å². The molecule has 0 aliphatic heterocycles. The first-order valence-electron chi connectivity index (χ1n) is 12.3. The van der Waals surface area contributed by atoms with Gasteiger partial charge in [-0.05, 0) is 77.9 Å². The molecule has 0 unspecified atom stereocenters. The maximum atomic E-state index is 13.8. The van der Waals surface area contributed by atoms with Crippen LogP contribution < -0.4 is 14.2 Å². The number of H-pyrrole nitrogens is 1. The van der Waals surface area contributed by atoms with Crippen LogP contribution in [0.4, 0.5) is 5.69 Å². The predicted octanol–water partition coefficient (Wildman–Crippen LogP) is 7.17. The van der Waals surface area contributed by atoms with Crippen LogP contribution in [0.1, 0.15) is 11.1 Å². The second kappa shape index (κ2) is 11.3. The predicted molar refractivity (Wildman–Crippen MR) is 156 cm³/mol. The van der Waals surface area contributed by atoms with E-state index in [9.17, 15) is 9.90 Å². The summed E-state index contributed by atoms with van der Waals surface area (Å²) in [6.45, 7) is 0. The number of methoxy groups -OCH3 is 3. The second-order valence-electron chi connectivity index (χ2n) is 8.94. The van der Waals surface area contributed by atoms with Gasteiger partial charge in [0.05, 0.1) is 27.0 Å². The van der Waals surface area contributed by atoms with Gasteiger partial charge in [-0.1, -0.05) is 40.2 Å². The number of aromatic nitrogens is 1. The Bertz CT molecular complexity index is 1630. The molecule has 0 aliphatic carbocycles. The standard InChI is InChI=1S/C31H26BrN3O5/c1-38-23-11-4-19(5-12-23)28-29(26-18-22(32)10-17-27(26)33-28)34-35-30(36)31(37,20-6-13-24(39-2)14-7-20)21-8-15-25(40-3)16-9-21/h4-18,33,37H,1-3H3. The minimum absolute atomic E-state index is 0.319. The van der Waals surface area contributed by atoms with E-state index in [4.69, 9.17) is 14.2 Å². The number of hydrogen-bond acceptors (Lipinski definition) is 6. The molecule has 0 saturated heterocycles. The van der Waals surface area contributed by atoms with Gasteiger partial charge < -0.3 is 24.3 Å². The zero-order chi connectivity index (χ0) is 28.3. The molecule has 8 nitrogen and oxygen atoms in total. The van der Waals surface area contributed by atoms with E-state index in [0.29, 0.717) is 39.8 Å². The Balaban J connectivity index is 1.62. The fraction of sp³-hybridized carbons (Fsp3) is 0.129. The Labute approximate surface area is 239 Å². The molecule has 5 rings (SSSR count). The first-order chi connectivity index (χ1) is 19.4. The van der Waals surface area contributed by atoms with E-state index < -0.39 is 11.5 Å². The number of carbonyl (C=O) groups excluding carboxylic acids is 1. The van der Waals surface area contributed by atoms with E-state index in [-0.39, 0.29) is 0 Å². The molecule has 1 aromatic heterocycles. The van der Waals surface area contributed by atoms with Gasteiger partial charge in [0.15, 0.2) is 5.60 Å². The topological polar surface area (TPSA) is 106 Å². The smallest absolute Gasteiger partial charge is 0.305 e. The summed E-state index contributed by atoms with van der Waals surface area (Å²) in [4.78, 5) is 17.2. The Morgan fingerprint density at radius 1 is 0.775 bits per heavy atom. The van der Waals surface area contributed by atoms with E-state index in [2.05, 4.69) is 31.1 Å². The van der Waals surface area contributed by atoms with Gasteiger partial charge in [0.1, 0.15) is 22.9 Å². The molecular formula is C31H26BrN3O5. The summed E-state index contributed by atoms with van der Waals surface area (Å²) in [5.41, 5.74) is 1.30. The SMILES string of the molecule is COc1ccc(-c2[nH]c3ccc(Br)cc3c2N=NC(=O)C(O)(c2ccc(OC)cc2)c2ccc(OC)cc2)cc1. The number of aromatic amines is 1. The summed E-state index contributed by atoms with van der Waals surface area (Å²) >= 11 is 3.52. The minimum atomic E-state index is -2.12. The number of hydrogen-bond donors (Lipinski definition) is 2. The Kier molecular flexibility index (Phi) is 7.68. The van der Waals surface area contributed by atoms with Gasteiger partial charge >= 0.3 is 5.91 Å². The molecule has 0 atom stereocenters. The lowest BCUT2D eigenvalue weighted by atomic mass is 9.85. The molecule has 5 aromatic rings. The molecule has 0 fully saturated rings. The van der Waals surface area contributed by atoms with Crippen LogP contribution in [-0.2, 0) is 10.4 Å². The van der Waals surface area contributed by atoms with Gasteiger partial charge in [0.25, 0.3) is 0 Å². The van der Waals surface area contributed by atoms with Crippen molar-refractivity contribution in [2.24, 2.45) is 10.2 Å². The van der Waals surface area contributed by atoms with Gasteiger partial charge in [-0.15, -0.1) is 10.2 Å². The van der Waals surface area contributed by atoms with Crippen LogP contribution in [-0.4, -0.2) is 37.3 Å². The fourth-order valence-corrected chi connectivity index (χ4v) is 4.83. The average molecular weight is 600 g/mol. The quantitative estimate of drug-likeness (QED) is 0.184. The van der Waals surface area contributed by atoms with Crippen LogP contribution in [0, 0.1) is 0 Å². The van der Waals surface area contributed by atoms with Crippen LogP contribution in [0.3, 0.4) is 0 Å². The molecule has 1 amide bonds. The van der Waals surface area contributed by atoms with Crippen molar-refractivity contribution >= 4 is 38.4 Å². The fourth-order valence-electron chi connectivity index (χ4n) is 4.47. The zero-order valence-electron chi connectivity index (χ0n) is 22.0. The number of fused-ring (bicyclic) bond motifs is 1. The van der Waals surface area contributed by atoms with Gasteiger partial charge in [-0.25, -0.2) is 0 Å². The highest BCUT2D eigenvalue weighted by Crippen LogP contribution is 2.40. The minimum Gasteiger partial charge on any atom is -0.497 e. The first kappa shape index (κ1) is 27.1. The Morgan fingerprint density at radius 2 is 1.27 bits per heavy atom. The van der Waals surface area contributed by atoms with Crippen LogP contribution >= 0.6 is 15.9 Å². The second-order valence-corrected chi connectivity index (χ2v) is 9.86. The van der Waals surface area contributed by atoms with Crippen molar-refractivity contribution in [3.05, 3.63) is 107 Å². The lowest BCUT2D eigenvalue weighted by Crippen LogP contribution is -2.35. The maximum absolute atomic E-state index is 13.8. The van der Waals surface area contributed by atoms with Gasteiger partial charge in [0.2, 0.25) is 0 Å². The van der Waals surface area contributed by atoms with Gasteiger partial charge in [-0.2, -0.15) is 0 Å². The monoisotopic (exact) mass is 599 g/mol. The Morgan fingerprint density at radius 3 is 1.77 bits per heavy atom. The number of rotatable bonds is 8. The number of carbonyl (C=O) groups is 1. The number of azo groups is 1. The molecule has 0 radical (unpaired) electrons. The third kappa shape index (κ3) is 5.09. The molecule has 0 bridgehead atoms. The molecule has 2 N–H and O–H groups in total. The molecule has 0 spiro atoms. The average Bonchev–Trinajstić information content (AvgIpc) is 3.36. The summed E-state index contributed by atoms with van der Waals surface area (Å²) in [6, 6.07) is 26.4. The van der Waals surface area contributed by atoms with E-state index in [1.54, 1.807) is 69.9 Å². The van der Waals surface area contributed by atoms with E-state index in [1.165, 1.54) is 0 Å². The summed E-state index contributed by atoms with van der Waals surface area (Å²) in [5.74, 6) is 1.03. The Hall–Kier alpha value is -4.47. The van der Waals surface area contributed by atoms with Crippen LogP contribution in [0.2, 0.25) is 0 Å². The molecular weight excluding hydrogens is 574 g/mol. The number of amides is 1. The number of nitrogens with zero attached hydrogens (tertiary/aromatic N) is 2. The number of benzene rings is 4. The third-order valence-electron chi connectivity index (χ3n) is 6.68. The molecule has 202 valence electrons. The highest BCUT2D eigenvalue weighted by atomic mass is 79.9. The number of ether oxygens (including phenoxy) is 3. The number of halogens is 1. The maximum Gasteiger partial charge on any atom is 0.305 e. The molecule has 9 heteroatoms. The van der Waals surface area contributed by atoms with E-state index in [0.717, 1.165) is 20.9 Å². The van der Waals surface area contributed by atoms with Gasteiger partial charge in [0, 0.05) is 20.9 Å². The molecule has 0 aliphatic rings. The summed E-state index contributed by atoms with van der Waals surface area (Å²) < 4.78 is 16.6. The molecule has 40 heavy (non-hydrogen) atoms. The van der Waals surface area contributed by atoms with Crippen molar-refractivity contribution < 1.29 is 24.1 Å². The molecule has 0 saturated carbocycles. The van der Waals surface area contributed by atoms with E-state index in [1.807, 2.05) is 42.5 Å². The van der Waals surface area contributed by atoms with E-state index >= 15 is 0 Å². The van der Waals surface area contributed by atoms with Gasteiger partial charge in [-0.3, -0.25) is 4.79 Å². The lowest BCUT2D eigenvalue weighted by Gasteiger charge is -2.25. The summed E-state index contributed by atoms with van der Waals surface area (Å²) in [7, 11) is 4.70. The van der Waals surface area contributed by atoms with Crippen LogP contribution in [0.15, 0.2) is 106 Å². The van der Waals surface area contributed by atoms with Crippen molar-refractivity contribution in [2.75, 3.05) is 21.3 Å². The zero-order valence-corrected chi connectivity index (χ0v) is 23.6. The molecule has 1 heterocycles. The lowest BCUT2D eigenvalue weighted by molar-refractivity contribution is -0.133. The first-order valence-corrected chi connectivity index (χ1v) is 13.1.